The second kappa shape index (κ2) is 5.75. The smallest absolute Gasteiger partial charge is 0.185 e. The van der Waals surface area contributed by atoms with Crippen molar-refractivity contribution >= 4 is 18.2 Å². The van der Waals surface area contributed by atoms with E-state index in [1.54, 1.807) is 0 Å². The Labute approximate surface area is 59.4 Å². The quantitative estimate of drug-likeness (QED) is 0.537. The second-order valence-corrected chi connectivity index (χ2v) is 1.30. The van der Waals surface area contributed by atoms with Gasteiger partial charge in [-0.2, -0.15) is 0 Å². The number of aliphatic hydroxyl groups excluding tert-OH is 2. The molecule has 0 radical (unpaired) electrons. The van der Waals surface area contributed by atoms with Crippen LogP contribution < -0.4 is 0 Å². The van der Waals surface area contributed by atoms with Gasteiger partial charge in [-0.05, 0) is 6.08 Å². The molecule has 0 rings (SSSR count). The highest BCUT2D eigenvalue weighted by Crippen LogP contribution is 1.82. The van der Waals surface area contributed by atoms with Crippen LogP contribution in [0.2, 0.25) is 0 Å². The average molecular weight is 153 g/mol. The normalized spacial score (nSPS) is 11.3. The van der Waals surface area contributed by atoms with Crippen molar-refractivity contribution in [3.05, 3.63) is 12.7 Å². The maximum Gasteiger partial charge on any atom is 0.185 e. The summed E-state index contributed by atoms with van der Waals surface area (Å²) in [6, 6.07) is 0. The Hall–Kier alpha value is -0.380. The first-order valence-electron chi connectivity index (χ1n) is 2.17. The molecule has 4 heteroatoms. The number of carbonyl (C=O) groups is 1. The van der Waals surface area contributed by atoms with Gasteiger partial charge in [-0.25, -0.2) is 0 Å². The van der Waals surface area contributed by atoms with Gasteiger partial charge in [-0.15, -0.1) is 12.4 Å². The lowest BCUT2D eigenvalue weighted by molar-refractivity contribution is -0.123. The molecule has 9 heavy (non-hydrogen) atoms. The van der Waals surface area contributed by atoms with Gasteiger partial charge in [0.05, 0.1) is 6.61 Å². The SMILES string of the molecule is C=CC(=O)C(O)CO.Cl. The summed E-state index contributed by atoms with van der Waals surface area (Å²) in [7, 11) is 0. The van der Waals surface area contributed by atoms with Crippen LogP contribution in [0, 0.1) is 0 Å². The van der Waals surface area contributed by atoms with Gasteiger partial charge in [-0.1, -0.05) is 6.58 Å². The molecular weight excluding hydrogens is 144 g/mol. The molecule has 0 aliphatic heterocycles. The first kappa shape index (κ1) is 11.4. The fourth-order valence-electron chi connectivity index (χ4n) is 0.226. The Morgan fingerprint density at radius 1 is 1.78 bits per heavy atom. The number of ketones is 1. The lowest BCUT2D eigenvalue weighted by atomic mass is 10.2. The van der Waals surface area contributed by atoms with Crippen LogP contribution in [0.25, 0.3) is 0 Å². The van der Waals surface area contributed by atoms with E-state index in [1.165, 1.54) is 0 Å². The van der Waals surface area contributed by atoms with Gasteiger partial charge in [0.2, 0.25) is 0 Å². The van der Waals surface area contributed by atoms with Gasteiger partial charge in [0.1, 0.15) is 6.10 Å². The molecule has 2 N–H and O–H groups in total. The van der Waals surface area contributed by atoms with Crippen LogP contribution in [0.1, 0.15) is 0 Å². The molecule has 0 saturated heterocycles. The van der Waals surface area contributed by atoms with E-state index in [9.17, 15) is 4.79 Å². The van der Waals surface area contributed by atoms with Crippen molar-refractivity contribution in [2.75, 3.05) is 6.61 Å². The molecule has 0 bridgehead atoms. The minimum atomic E-state index is -1.28. The molecule has 0 aromatic rings. The molecule has 0 aliphatic carbocycles. The summed E-state index contributed by atoms with van der Waals surface area (Å²) >= 11 is 0. The molecule has 0 saturated carbocycles. The lowest BCUT2D eigenvalue weighted by Crippen LogP contribution is -2.21. The molecule has 1 unspecified atom stereocenters. The summed E-state index contributed by atoms with van der Waals surface area (Å²) in [6.45, 7) is 2.57. The van der Waals surface area contributed by atoms with Crippen LogP contribution in [0.3, 0.4) is 0 Å². The van der Waals surface area contributed by atoms with Crippen LogP contribution in [0.4, 0.5) is 0 Å². The van der Waals surface area contributed by atoms with E-state index >= 15 is 0 Å². The fourth-order valence-corrected chi connectivity index (χ4v) is 0.226. The molecule has 0 aromatic heterocycles. The standard InChI is InChI=1S/C5H8O3.ClH/c1-2-4(7)5(8)3-6;/h2,5-6,8H,1,3H2;1H. The monoisotopic (exact) mass is 152 g/mol. The van der Waals surface area contributed by atoms with E-state index in [0.717, 1.165) is 6.08 Å². The predicted molar refractivity (Wildman–Crippen MR) is 35.5 cm³/mol. The maximum absolute atomic E-state index is 10.2. The Bertz CT molecular complexity index is 102. The summed E-state index contributed by atoms with van der Waals surface area (Å²) in [5, 5.41) is 16.6. The zero-order valence-corrected chi connectivity index (χ0v) is 5.60. The zero-order valence-electron chi connectivity index (χ0n) is 4.78. The molecule has 0 aliphatic rings. The number of hydrogen-bond acceptors (Lipinski definition) is 3. The van der Waals surface area contributed by atoms with Gasteiger partial charge >= 0.3 is 0 Å². The van der Waals surface area contributed by atoms with E-state index < -0.39 is 18.5 Å². The van der Waals surface area contributed by atoms with Crippen LogP contribution in [-0.2, 0) is 4.79 Å². The Morgan fingerprint density at radius 3 is 2.33 bits per heavy atom. The summed E-state index contributed by atoms with van der Waals surface area (Å²) in [4.78, 5) is 10.2. The van der Waals surface area contributed by atoms with Crippen molar-refractivity contribution < 1.29 is 15.0 Å². The molecule has 0 aromatic carbocycles. The van der Waals surface area contributed by atoms with Crippen molar-refractivity contribution in [3.8, 4) is 0 Å². The van der Waals surface area contributed by atoms with Crippen LogP contribution >= 0.6 is 12.4 Å². The third kappa shape index (κ3) is 4.14. The molecule has 0 fully saturated rings. The minimum absolute atomic E-state index is 0. The van der Waals surface area contributed by atoms with Crippen molar-refractivity contribution in [2.24, 2.45) is 0 Å². The third-order valence-electron chi connectivity index (χ3n) is 0.703. The molecule has 0 amide bonds. The Balaban J connectivity index is 0. The fraction of sp³-hybridized carbons (Fsp3) is 0.400. The highest BCUT2D eigenvalue weighted by atomic mass is 35.5. The lowest BCUT2D eigenvalue weighted by Gasteiger charge is -1.98. The largest absolute Gasteiger partial charge is 0.393 e. The number of aliphatic hydroxyl groups is 2. The maximum atomic E-state index is 10.2. The van der Waals surface area contributed by atoms with E-state index in [1.807, 2.05) is 0 Å². The van der Waals surface area contributed by atoms with Crippen molar-refractivity contribution in [2.45, 2.75) is 6.10 Å². The number of hydrogen-bond donors (Lipinski definition) is 2. The van der Waals surface area contributed by atoms with Crippen molar-refractivity contribution in [1.82, 2.24) is 0 Å². The molecule has 0 spiro atoms. The molecule has 54 valence electrons. The van der Waals surface area contributed by atoms with Gasteiger partial charge in [0.25, 0.3) is 0 Å². The predicted octanol–water partition coefficient (Wildman–Crippen LogP) is -0.483. The van der Waals surface area contributed by atoms with Crippen LogP contribution in [0.5, 0.6) is 0 Å². The molecule has 1 atom stereocenters. The minimum Gasteiger partial charge on any atom is -0.393 e. The van der Waals surface area contributed by atoms with Gasteiger partial charge in [0.15, 0.2) is 5.78 Å². The van der Waals surface area contributed by atoms with Crippen molar-refractivity contribution in [1.29, 1.82) is 0 Å². The van der Waals surface area contributed by atoms with Gasteiger partial charge in [0, 0.05) is 0 Å². The average Bonchev–Trinajstić information content (AvgIpc) is 1.84. The second-order valence-electron chi connectivity index (χ2n) is 1.30. The van der Waals surface area contributed by atoms with E-state index in [0.29, 0.717) is 0 Å². The zero-order chi connectivity index (χ0) is 6.57. The molecule has 0 heterocycles. The number of rotatable bonds is 3. The van der Waals surface area contributed by atoms with Crippen LogP contribution in [-0.4, -0.2) is 28.7 Å². The summed E-state index contributed by atoms with van der Waals surface area (Å²) in [5.41, 5.74) is 0. The number of carbonyl (C=O) groups excluding carboxylic acids is 1. The van der Waals surface area contributed by atoms with Gasteiger partial charge in [-0.3, -0.25) is 4.79 Å². The summed E-state index contributed by atoms with van der Waals surface area (Å²) < 4.78 is 0. The van der Waals surface area contributed by atoms with E-state index in [4.69, 9.17) is 10.2 Å². The van der Waals surface area contributed by atoms with Crippen molar-refractivity contribution in [3.63, 3.8) is 0 Å². The topological polar surface area (TPSA) is 57.5 Å². The Morgan fingerprint density at radius 2 is 2.22 bits per heavy atom. The summed E-state index contributed by atoms with van der Waals surface area (Å²) in [6.07, 6.45) is -0.312. The molecule has 3 nitrogen and oxygen atoms in total. The van der Waals surface area contributed by atoms with E-state index in [-0.39, 0.29) is 12.4 Å². The highest BCUT2D eigenvalue weighted by molar-refractivity contribution is 5.92. The number of halogens is 1. The first-order chi connectivity index (χ1) is 3.72. The van der Waals surface area contributed by atoms with Crippen LogP contribution in [0.15, 0.2) is 12.7 Å². The van der Waals surface area contributed by atoms with E-state index in [2.05, 4.69) is 6.58 Å². The third-order valence-corrected chi connectivity index (χ3v) is 0.703. The highest BCUT2D eigenvalue weighted by Gasteiger charge is 2.07. The Kier molecular flexibility index (Phi) is 7.30. The summed E-state index contributed by atoms with van der Waals surface area (Å²) in [5.74, 6) is -0.549. The molecular formula is C5H9ClO3. The first-order valence-corrected chi connectivity index (χ1v) is 2.17. The van der Waals surface area contributed by atoms with Gasteiger partial charge < -0.3 is 10.2 Å².